The lowest BCUT2D eigenvalue weighted by Crippen LogP contribution is -2.56. The summed E-state index contributed by atoms with van der Waals surface area (Å²) in [7, 11) is 0. The molecule has 0 radical (unpaired) electrons. The van der Waals surface area contributed by atoms with E-state index in [1.807, 2.05) is 6.07 Å². The molecule has 3 atom stereocenters. The molecule has 0 aliphatic carbocycles. The second-order valence-electron chi connectivity index (χ2n) is 3.72. The molecule has 0 saturated carbocycles. The first-order valence-corrected chi connectivity index (χ1v) is 5.43. The number of nitrogens with zero attached hydrogens (tertiary/aromatic N) is 1. The molecule has 0 aromatic heterocycles. The average Bonchev–Trinajstić information content (AvgIpc) is 2.28. The summed E-state index contributed by atoms with van der Waals surface area (Å²) < 4.78 is 13.6. The number of benzene rings is 1. The van der Waals surface area contributed by atoms with Crippen LogP contribution in [-0.4, -0.2) is 16.4 Å². The third-order valence-corrected chi connectivity index (χ3v) is 2.89. The number of hydrogen-bond acceptors (Lipinski definition) is 3. The molecule has 1 aromatic carbocycles. The molecule has 88 valence electrons. The Morgan fingerprint density at radius 1 is 1.35 bits per heavy atom. The number of aliphatic hydroxyl groups is 1. The van der Waals surface area contributed by atoms with Gasteiger partial charge in [-0.25, -0.2) is 4.39 Å². The molecule has 1 aliphatic rings. The lowest BCUT2D eigenvalue weighted by molar-refractivity contribution is 0.0888. The van der Waals surface area contributed by atoms with Crippen LogP contribution in [0.4, 0.5) is 4.39 Å². The number of nitrogens with one attached hydrogen (secondary N) is 2. The zero-order chi connectivity index (χ0) is 12.4. The molecule has 0 amide bonds. The highest BCUT2D eigenvalue weighted by atomic mass is 32.1. The van der Waals surface area contributed by atoms with Gasteiger partial charge in [0.15, 0.2) is 5.11 Å². The summed E-state index contributed by atoms with van der Waals surface area (Å²) in [6, 6.07) is 7.41. The summed E-state index contributed by atoms with van der Waals surface area (Å²) in [6.45, 7) is 0. The number of aliphatic hydroxyl groups excluding tert-OH is 1. The molecule has 2 rings (SSSR count). The highest BCUT2D eigenvalue weighted by Crippen LogP contribution is 2.28. The second kappa shape index (κ2) is 4.65. The summed E-state index contributed by atoms with van der Waals surface area (Å²) in [6.07, 6.45) is -1.10. The number of halogens is 1. The molecule has 1 fully saturated rings. The summed E-state index contributed by atoms with van der Waals surface area (Å²) in [5, 5.41) is 24.2. The molecular formula is C11H10FN3OS. The summed E-state index contributed by atoms with van der Waals surface area (Å²) >= 11 is 4.89. The number of thiocarbonyl (C=S) groups is 1. The van der Waals surface area contributed by atoms with Gasteiger partial charge in [-0.1, -0.05) is 18.2 Å². The van der Waals surface area contributed by atoms with Gasteiger partial charge in [-0.05, 0) is 18.3 Å². The van der Waals surface area contributed by atoms with Gasteiger partial charge >= 0.3 is 0 Å². The molecule has 4 nitrogen and oxygen atoms in total. The first-order chi connectivity index (χ1) is 8.13. The highest BCUT2D eigenvalue weighted by molar-refractivity contribution is 7.80. The van der Waals surface area contributed by atoms with E-state index in [1.165, 1.54) is 6.07 Å². The largest absolute Gasteiger partial charge is 0.372 e. The molecule has 0 bridgehead atoms. The van der Waals surface area contributed by atoms with E-state index < -0.39 is 24.0 Å². The SMILES string of the molecule is N#C[C@@H]1[C@H](O)NC(=S)N[C@H]1c1ccccc1F. The quantitative estimate of drug-likeness (QED) is 0.644. The number of rotatable bonds is 1. The zero-order valence-electron chi connectivity index (χ0n) is 8.72. The smallest absolute Gasteiger partial charge is 0.168 e. The van der Waals surface area contributed by atoms with Gasteiger partial charge < -0.3 is 15.7 Å². The van der Waals surface area contributed by atoms with Crippen LogP contribution in [0, 0.1) is 23.1 Å². The van der Waals surface area contributed by atoms with E-state index in [0.717, 1.165) is 0 Å². The van der Waals surface area contributed by atoms with Crippen LogP contribution < -0.4 is 10.6 Å². The number of hydrogen-bond donors (Lipinski definition) is 3. The summed E-state index contributed by atoms with van der Waals surface area (Å²) in [5.41, 5.74) is 0.321. The Bertz CT molecular complexity index is 488. The Morgan fingerprint density at radius 3 is 2.71 bits per heavy atom. The van der Waals surface area contributed by atoms with E-state index in [0.29, 0.717) is 5.56 Å². The molecule has 0 spiro atoms. The Morgan fingerprint density at radius 2 is 2.06 bits per heavy atom. The van der Waals surface area contributed by atoms with Gasteiger partial charge in [0.1, 0.15) is 18.0 Å². The van der Waals surface area contributed by atoms with Crippen molar-refractivity contribution < 1.29 is 9.50 Å². The highest BCUT2D eigenvalue weighted by Gasteiger charge is 2.36. The van der Waals surface area contributed by atoms with Crippen LogP contribution in [0.5, 0.6) is 0 Å². The summed E-state index contributed by atoms with van der Waals surface area (Å²) in [4.78, 5) is 0. The molecule has 1 aliphatic heterocycles. The Hall–Kier alpha value is -1.71. The minimum atomic E-state index is -1.10. The molecule has 1 aromatic rings. The Balaban J connectivity index is 2.39. The van der Waals surface area contributed by atoms with Crippen molar-refractivity contribution in [3.63, 3.8) is 0 Å². The van der Waals surface area contributed by atoms with Gasteiger partial charge in [0.05, 0.1) is 12.1 Å². The minimum Gasteiger partial charge on any atom is -0.372 e. The van der Waals surface area contributed by atoms with Crippen molar-refractivity contribution in [2.24, 2.45) is 5.92 Å². The van der Waals surface area contributed by atoms with Crippen LogP contribution in [0.3, 0.4) is 0 Å². The van der Waals surface area contributed by atoms with Crippen LogP contribution >= 0.6 is 12.2 Å². The first-order valence-electron chi connectivity index (χ1n) is 5.02. The maximum absolute atomic E-state index is 13.6. The lowest BCUT2D eigenvalue weighted by atomic mass is 9.91. The first kappa shape index (κ1) is 11.8. The van der Waals surface area contributed by atoms with E-state index in [2.05, 4.69) is 10.6 Å². The lowest BCUT2D eigenvalue weighted by Gasteiger charge is -2.34. The molecule has 3 N–H and O–H groups in total. The van der Waals surface area contributed by atoms with Gasteiger partial charge in [0.2, 0.25) is 0 Å². The monoisotopic (exact) mass is 251 g/mol. The maximum Gasteiger partial charge on any atom is 0.168 e. The van der Waals surface area contributed by atoms with Crippen LogP contribution in [0.1, 0.15) is 11.6 Å². The van der Waals surface area contributed by atoms with E-state index in [1.54, 1.807) is 18.2 Å². The third-order valence-electron chi connectivity index (χ3n) is 2.65. The molecule has 17 heavy (non-hydrogen) atoms. The predicted octanol–water partition coefficient (Wildman–Crippen LogP) is 0.803. The minimum absolute atomic E-state index is 0.206. The van der Waals surface area contributed by atoms with Crippen molar-refractivity contribution >= 4 is 17.3 Å². The van der Waals surface area contributed by atoms with Crippen LogP contribution in [0.2, 0.25) is 0 Å². The van der Waals surface area contributed by atoms with Crippen LogP contribution in [-0.2, 0) is 0 Å². The van der Waals surface area contributed by atoms with Crippen LogP contribution in [0.15, 0.2) is 24.3 Å². The zero-order valence-corrected chi connectivity index (χ0v) is 9.54. The van der Waals surface area contributed by atoms with Gasteiger partial charge in [0, 0.05) is 5.56 Å². The fraction of sp³-hybridized carbons (Fsp3) is 0.273. The van der Waals surface area contributed by atoms with Crippen molar-refractivity contribution in [3.8, 4) is 6.07 Å². The Labute approximate surface area is 103 Å². The fourth-order valence-corrected chi connectivity index (χ4v) is 2.07. The molecule has 6 heteroatoms. The maximum atomic E-state index is 13.6. The van der Waals surface area contributed by atoms with Crippen molar-refractivity contribution in [2.45, 2.75) is 12.3 Å². The van der Waals surface area contributed by atoms with Crippen molar-refractivity contribution in [2.75, 3.05) is 0 Å². The molecule has 1 saturated heterocycles. The second-order valence-corrected chi connectivity index (χ2v) is 4.12. The summed E-state index contributed by atoms with van der Waals surface area (Å²) in [5.74, 6) is -1.24. The third kappa shape index (κ3) is 2.20. The molecule has 0 unspecified atom stereocenters. The van der Waals surface area contributed by atoms with E-state index in [9.17, 15) is 9.50 Å². The van der Waals surface area contributed by atoms with E-state index in [4.69, 9.17) is 17.5 Å². The van der Waals surface area contributed by atoms with E-state index >= 15 is 0 Å². The Kier molecular flexibility index (Phi) is 3.22. The topological polar surface area (TPSA) is 68.1 Å². The van der Waals surface area contributed by atoms with E-state index in [-0.39, 0.29) is 5.11 Å². The number of nitriles is 1. The van der Waals surface area contributed by atoms with Gasteiger partial charge in [-0.2, -0.15) is 5.26 Å². The normalized spacial score (nSPS) is 27.8. The van der Waals surface area contributed by atoms with Crippen molar-refractivity contribution in [3.05, 3.63) is 35.6 Å². The fourth-order valence-electron chi connectivity index (χ4n) is 1.82. The predicted molar refractivity (Wildman–Crippen MR) is 63.1 cm³/mol. The molecule has 1 heterocycles. The van der Waals surface area contributed by atoms with Gasteiger partial charge in [0.25, 0.3) is 0 Å². The van der Waals surface area contributed by atoms with Gasteiger partial charge in [-0.15, -0.1) is 0 Å². The standard InChI is InChI=1S/C11H10FN3OS/c12-8-4-2-1-3-6(8)9-7(5-13)10(16)15-11(17)14-9/h1-4,7,9-10,16H,(H2,14,15,17)/t7-,9-,10-/m0/s1. The molecular weight excluding hydrogens is 241 g/mol. The van der Waals surface area contributed by atoms with Crippen LogP contribution in [0.25, 0.3) is 0 Å². The van der Waals surface area contributed by atoms with Crippen molar-refractivity contribution in [1.82, 2.24) is 10.6 Å². The average molecular weight is 251 g/mol. The van der Waals surface area contributed by atoms with Crippen molar-refractivity contribution in [1.29, 1.82) is 5.26 Å². The van der Waals surface area contributed by atoms with Gasteiger partial charge in [-0.3, -0.25) is 0 Å².